The van der Waals surface area contributed by atoms with Crippen LogP contribution in [0.15, 0.2) is 36.4 Å². The molecule has 0 fully saturated rings. The molecule has 1 heterocycles. The Kier molecular flexibility index (Phi) is 5.78. The maximum Gasteiger partial charge on any atom is 0.218 e. The zero-order chi connectivity index (χ0) is 14.9. The van der Waals surface area contributed by atoms with E-state index in [0.29, 0.717) is 37.3 Å². The first kappa shape index (κ1) is 15.1. The summed E-state index contributed by atoms with van der Waals surface area (Å²) in [4.78, 5) is 8.52. The maximum absolute atomic E-state index is 5.59. The molecule has 0 spiro atoms. The van der Waals surface area contributed by atoms with Crippen LogP contribution in [0.25, 0.3) is 0 Å². The predicted molar refractivity (Wildman–Crippen MR) is 79.7 cm³/mol. The average Bonchev–Trinajstić information content (AvgIpc) is 2.53. The second kappa shape index (κ2) is 8.06. The van der Waals surface area contributed by atoms with Gasteiger partial charge in [-0.1, -0.05) is 18.2 Å². The number of rotatable bonds is 8. The number of ether oxygens (including phenoxy) is 3. The van der Waals surface area contributed by atoms with Crippen LogP contribution in [0.1, 0.15) is 5.82 Å². The summed E-state index contributed by atoms with van der Waals surface area (Å²) in [6.07, 6.45) is 0. The minimum absolute atomic E-state index is 0.340. The van der Waals surface area contributed by atoms with Crippen LogP contribution >= 0.6 is 0 Å². The fourth-order valence-corrected chi connectivity index (χ4v) is 1.69. The highest BCUT2D eigenvalue weighted by Crippen LogP contribution is 2.14. The average molecular weight is 289 g/mol. The van der Waals surface area contributed by atoms with E-state index >= 15 is 0 Å². The molecule has 21 heavy (non-hydrogen) atoms. The van der Waals surface area contributed by atoms with Gasteiger partial charge in [-0.2, -0.15) is 4.98 Å². The van der Waals surface area contributed by atoms with Gasteiger partial charge in [-0.15, -0.1) is 0 Å². The number of anilines is 1. The van der Waals surface area contributed by atoms with Gasteiger partial charge in [0.2, 0.25) is 5.88 Å². The Labute approximate surface area is 124 Å². The topological polar surface area (TPSA) is 65.5 Å². The second-order valence-corrected chi connectivity index (χ2v) is 4.20. The summed E-state index contributed by atoms with van der Waals surface area (Å²) < 4.78 is 16.2. The molecule has 0 unspecified atom stereocenters. The van der Waals surface area contributed by atoms with Crippen molar-refractivity contribution < 1.29 is 14.2 Å². The van der Waals surface area contributed by atoms with Crippen molar-refractivity contribution in [3.63, 3.8) is 0 Å². The van der Waals surface area contributed by atoms with Crippen LogP contribution in [0.3, 0.4) is 0 Å². The highest BCUT2D eigenvalue weighted by atomic mass is 16.5. The molecule has 2 rings (SSSR count). The molecule has 0 aliphatic rings. The van der Waals surface area contributed by atoms with Crippen LogP contribution < -0.4 is 14.8 Å². The van der Waals surface area contributed by atoms with E-state index in [-0.39, 0.29) is 0 Å². The molecule has 2 aromatic rings. The zero-order valence-electron chi connectivity index (χ0n) is 12.2. The Hall–Kier alpha value is -2.34. The number of nitrogens with one attached hydrogen (secondary N) is 1. The molecule has 0 bridgehead atoms. The first-order valence-corrected chi connectivity index (χ1v) is 6.67. The van der Waals surface area contributed by atoms with Gasteiger partial charge < -0.3 is 19.5 Å². The zero-order valence-corrected chi connectivity index (χ0v) is 12.2. The van der Waals surface area contributed by atoms with Crippen LogP contribution in [0, 0.1) is 0 Å². The molecule has 112 valence electrons. The fourth-order valence-electron chi connectivity index (χ4n) is 1.69. The van der Waals surface area contributed by atoms with Crippen LogP contribution in [-0.2, 0) is 11.3 Å². The minimum atomic E-state index is 0.340. The summed E-state index contributed by atoms with van der Waals surface area (Å²) in [6.45, 7) is 1.19. The van der Waals surface area contributed by atoms with Crippen molar-refractivity contribution >= 4 is 5.82 Å². The summed E-state index contributed by atoms with van der Waals surface area (Å²) in [5, 5.41) is 2.96. The lowest BCUT2D eigenvalue weighted by molar-refractivity contribution is 0.174. The Balaban J connectivity index is 1.86. The molecule has 0 saturated carbocycles. The summed E-state index contributed by atoms with van der Waals surface area (Å²) in [5.74, 6) is 2.58. The minimum Gasteiger partial charge on any atom is -0.490 e. The molecule has 1 aromatic carbocycles. The van der Waals surface area contributed by atoms with Gasteiger partial charge in [0.15, 0.2) is 5.82 Å². The molecule has 0 atom stereocenters. The van der Waals surface area contributed by atoms with Crippen molar-refractivity contribution in [2.45, 2.75) is 6.61 Å². The van der Waals surface area contributed by atoms with Gasteiger partial charge in [0, 0.05) is 20.2 Å². The molecule has 1 aromatic heterocycles. The first-order valence-electron chi connectivity index (χ1n) is 6.67. The van der Waals surface area contributed by atoms with Gasteiger partial charge in [0.25, 0.3) is 0 Å². The normalized spacial score (nSPS) is 10.2. The number of benzene rings is 1. The summed E-state index contributed by atoms with van der Waals surface area (Å²) >= 11 is 0. The highest BCUT2D eigenvalue weighted by Gasteiger charge is 2.05. The fraction of sp³-hybridized carbons (Fsp3) is 0.333. The number of para-hydroxylation sites is 1. The van der Waals surface area contributed by atoms with Gasteiger partial charge in [0.1, 0.15) is 31.4 Å². The summed E-state index contributed by atoms with van der Waals surface area (Å²) in [5.41, 5.74) is 0. The molecule has 1 N–H and O–H groups in total. The van der Waals surface area contributed by atoms with Crippen molar-refractivity contribution in [3.05, 3.63) is 42.2 Å². The second-order valence-electron chi connectivity index (χ2n) is 4.20. The molecule has 0 radical (unpaired) electrons. The molecule has 0 aliphatic carbocycles. The Morgan fingerprint density at radius 1 is 1.05 bits per heavy atom. The third kappa shape index (κ3) is 4.92. The van der Waals surface area contributed by atoms with Crippen LogP contribution in [0.2, 0.25) is 0 Å². The van der Waals surface area contributed by atoms with Gasteiger partial charge in [-0.3, -0.25) is 0 Å². The van der Waals surface area contributed by atoms with Gasteiger partial charge in [-0.05, 0) is 12.1 Å². The van der Waals surface area contributed by atoms with E-state index in [1.807, 2.05) is 30.3 Å². The summed E-state index contributed by atoms with van der Waals surface area (Å²) in [6, 6.07) is 11.3. The van der Waals surface area contributed by atoms with Gasteiger partial charge in [0.05, 0.1) is 0 Å². The molecule has 6 heteroatoms. The lowest BCUT2D eigenvalue weighted by atomic mass is 10.3. The molecule has 6 nitrogen and oxygen atoms in total. The lowest BCUT2D eigenvalue weighted by Crippen LogP contribution is -2.11. The van der Waals surface area contributed by atoms with Crippen molar-refractivity contribution in [2.75, 3.05) is 32.7 Å². The first-order chi connectivity index (χ1) is 10.3. The van der Waals surface area contributed by atoms with Crippen molar-refractivity contribution in [1.82, 2.24) is 9.97 Å². The van der Waals surface area contributed by atoms with Gasteiger partial charge in [-0.25, -0.2) is 4.98 Å². The Morgan fingerprint density at radius 3 is 2.52 bits per heavy atom. The van der Waals surface area contributed by atoms with Crippen molar-refractivity contribution in [1.29, 1.82) is 0 Å². The molecule has 0 amide bonds. The Morgan fingerprint density at radius 2 is 1.81 bits per heavy atom. The SMILES string of the molecule is CNc1cc(OCCOc2ccccc2)nc(COC)n1. The van der Waals surface area contributed by atoms with Crippen molar-refractivity contribution in [3.8, 4) is 11.6 Å². The lowest BCUT2D eigenvalue weighted by Gasteiger charge is -2.10. The van der Waals surface area contributed by atoms with E-state index in [9.17, 15) is 0 Å². The van der Waals surface area contributed by atoms with E-state index in [4.69, 9.17) is 14.2 Å². The molecule has 0 saturated heterocycles. The van der Waals surface area contributed by atoms with Crippen LogP contribution in [0.4, 0.5) is 5.82 Å². The quantitative estimate of drug-likeness (QED) is 0.751. The van der Waals surface area contributed by atoms with Gasteiger partial charge >= 0.3 is 0 Å². The number of methoxy groups -OCH3 is 1. The largest absolute Gasteiger partial charge is 0.490 e. The maximum atomic E-state index is 5.59. The smallest absolute Gasteiger partial charge is 0.218 e. The van der Waals surface area contributed by atoms with Crippen LogP contribution in [0.5, 0.6) is 11.6 Å². The van der Waals surface area contributed by atoms with Crippen LogP contribution in [-0.4, -0.2) is 37.3 Å². The Bertz CT molecular complexity index is 549. The number of hydrogen-bond acceptors (Lipinski definition) is 6. The third-order valence-electron chi connectivity index (χ3n) is 2.62. The van der Waals surface area contributed by atoms with E-state index < -0.39 is 0 Å². The van der Waals surface area contributed by atoms with E-state index in [1.54, 1.807) is 20.2 Å². The summed E-state index contributed by atoms with van der Waals surface area (Å²) in [7, 11) is 3.39. The van der Waals surface area contributed by atoms with Crippen molar-refractivity contribution in [2.24, 2.45) is 0 Å². The number of hydrogen-bond donors (Lipinski definition) is 1. The third-order valence-corrected chi connectivity index (χ3v) is 2.62. The van der Waals surface area contributed by atoms with E-state index in [0.717, 1.165) is 5.75 Å². The monoisotopic (exact) mass is 289 g/mol. The standard InChI is InChI=1S/C15H19N3O3/c1-16-13-10-15(18-14(17-13)11-19-2)21-9-8-20-12-6-4-3-5-7-12/h3-7,10H,8-9,11H2,1-2H3,(H,16,17,18). The molecule has 0 aliphatic heterocycles. The molecular weight excluding hydrogens is 270 g/mol. The van der Waals surface area contributed by atoms with E-state index in [1.165, 1.54) is 0 Å². The highest BCUT2D eigenvalue weighted by molar-refractivity contribution is 5.37. The predicted octanol–water partition coefficient (Wildman–Crippen LogP) is 2.12. The van der Waals surface area contributed by atoms with E-state index in [2.05, 4.69) is 15.3 Å². The molecular formula is C15H19N3O3. The number of nitrogens with zero attached hydrogens (tertiary/aromatic N) is 2. The number of aromatic nitrogens is 2.